The molecule has 150 heavy (non-hydrogen) atoms. The molecule has 0 fully saturated rings. The molecule has 762 valence electrons. The fraction of sp³-hybridized carbons (Fsp3) is 0.322. The zero-order valence-corrected chi connectivity index (χ0v) is 86.5. The summed E-state index contributed by atoms with van der Waals surface area (Å²) in [5.74, 6) is 1.35. The van der Waals surface area contributed by atoms with E-state index in [1.807, 2.05) is 142 Å². The summed E-state index contributed by atoms with van der Waals surface area (Å²) < 4.78 is 37.1. The van der Waals surface area contributed by atoms with Gasteiger partial charge in [0, 0.05) is 266 Å². The number of Topliss-reactive ketones (excluding diaryl/α,β-unsaturated/α-hetero) is 5. The molecule has 29 heteroatoms. The molecule has 0 bridgehead atoms. The molecule has 0 spiro atoms. The molecule has 5 atom stereocenters. The first-order valence-electron chi connectivity index (χ1n) is 52.3. The van der Waals surface area contributed by atoms with Crippen molar-refractivity contribution in [1.29, 1.82) is 10.5 Å². The maximum atomic E-state index is 14.1. The number of rotatable bonds is 11. The molecular formula is C121H124F2N22O5. The van der Waals surface area contributed by atoms with Gasteiger partial charge < -0.3 is 51.1 Å². The van der Waals surface area contributed by atoms with Crippen LogP contribution in [0.2, 0.25) is 0 Å². The maximum Gasteiger partial charge on any atom is 0.264 e. The van der Waals surface area contributed by atoms with Crippen LogP contribution in [0, 0.1) is 22.7 Å². The predicted molar refractivity (Wildman–Crippen MR) is 589 cm³/mol. The Kier molecular flexibility index (Phi) is 28.1. The Hall–Kier alpha value is -16.6. The summed E-state index contributed by atoms with van der Waals surface area (Å²) in [6.45, 7) is 14.7. The zero-order chi connectivity index (χ0) is 104. The van der Waals surface area contributed by atoms with Gasteiger partial charge in [-0.1, -0.05) is 72.8 Å². The van der Waals surface area contributed by atoms with Gasteiger partial charge in [0.15, 0.2) is 0 Å². The minimum atomic E-state index is -2.59. The van der Waals surface area contributed by atoms with Crippen molar-refractivity contribution in [2.75, 3.05) is 83.8 Å². The van der Waals surface area contributed by atoms with Crippen molar-refractivity contribution < 1.29 is 32.8 Å². The third-order valence-corrected chi connectivity index (χ3v) is 30.3. The van der Waals surface area contributed by atoms with Crippen LogP contribution in [0.3, 0.4) is 0 Å². The molecule has 0 amide bonds. The van der Waals surface area contributed by atoms with Gasteiger partial charge in [0.1, 0.15) is 28.9 Å². The van der Waals surface area contributed by atoms with Crippen LogP contribution in [0.1, 0.15) is 165 Å². The van der Waals surface area contributed by atoms with Gasteiger partial charge >= 0.3 is 0 Å². The topological polar surface area (TPSA) is 298 Å². The van der Waals surface area contributed by atoms with E-state index in [1.54, 1.807) is 45.7 Å². The number of ketones is 5. The number of aromatic nitrogens is 10. The first-order chi connectivity index (χ1) is 72.6. The van der Waals surface area contributed by atoms with Gasteiger partial charge in [0.05, 0.1) is 111 Å². The second kappa shape index (κ2) is 42.3. The molecular weight excluding hydrogens is 1880 g/mol. The Morgan fingerprint density at radius 2 is 0.547 bits per heavy atom. The van der Waals surface area contributed by atoms with Crippen LogP contribution in [0.5, 0.6) is 0 Å². The highest BCUT2D eigenvalue weighted by Gasteiger charge is 2.36. The van der Waals surface area contributed by atoms with E-state index in [2.05, 4.69) is 220 Å². The fourth-order valence-electron chi connectivity index (χ4n) is 23.5. The largest absolute Gasteiger partial charge is 0.380 e. The molecule has 10 aliphatic heterocycles. The third kappa shape index (κ3) is 20.7. The lowest BCUT2D eigenvalue weighted by atomic mass is 9.92. The van der Waals surface area contributed by atoms with Crippen LogP contribution in [0.4, 0.5) is 94.1 Å². The first kappa shape index (κ1) is 99.4. The number of nitriles is 2. The molecule has 25 rings (SSSR count). The molecule has 15 heterocycles. The standard InChI is InChI=1S/C25H26F2N4O.C25H25N5O.C24H23N5O.C24H26N4O.C23H24N4O/c1-15-9-19(32)10-17-5-3-7-22(24(17)29-15)31-8-4-6-16-11-20(18-13-28-30(2)14-18)21(25(26)27)12-23(16)31;1-16-9-21(31)10-18-5-3-7-23(25(18)28-16)30-8-4-6-17-11-22(19(13-26)12-24(17)30)20-14-27-29(2)15-20;1-15-8-20(30)9-17-4-3-5-22(24(17)27-15)29-7-6-16-10-21(18(12-25)11-23(16)29)19-13-26-28(2)14-19;1-16-11-21(29)13-19-5-3-7-23(24(19)26-16)28-10-4-6-18-12-17(8-9-22(18)28)20-14-25-27(2)15-20;1-15-10-20(28)12-18-4-3-5-22(23(18)25-15)27-9-8-17-11-16(6-7-21(17)27)19-13-24-26(2)14-19/h3,5,7,11-15,25,29H,4,6,8-10H2,1-2H3;3,5,7,11-12,14-16,28H,4,6,8-10H2,1-2H3;3-5,10-11,13-15,27H,6-9H2,1-2H3;3,5,7-9,12,14-16,26H,4,6,10-11,13H2,1-2H3;3-7,11,13-15,25H,8-10,12H2,1-2H3/t15-;16-;15-;16-;15-/m11111/s1. The molecule has 5 aromatic heterocycles. The van der Waals surface area contributed by atoms with Gasteiger partial charge in [-0.3, -0.25) is 47.4 Å². The number of halogens is 2. The third-order valence-electron chi connectivity index (χ3n) is 30.3. The van der Waals surface area contributed by atoms with E-state index in [0.717, 1.165) is 213 Å². The highest BCUT2D eigenvalue weighted by molar-refractivity contribution is 5.97. The highest BCUT2D eigenvalue weighted by Crippen LogP contribution is 2.51. The number of hydrogen-bond donors (Lipinski definition) is 5. The lowest BCUT2D eigenvalue weighted by molar-refractivity contribution is -0.119. The normalized spacial score (nSPS) is 18.2. The van der Waals surface area contributed by atoms with Crippen LogP contribution >= 0.6 is 0 Å². The number of para-hydroxylation sites is 5. The summed E-state index contributed by atoms with van der Waals surface area (Å²) in [6.07, 6.45) is 29.2. The van der Waals surface area contributed by atoms with E-state index in [-0.39, 0.29) is 53.1 Å². The minimum absolute atomic E-state index is 0.0159. The quantitative estimate of drug-likeness (QED) is 0.0804. The summed E-state index contributed by atoms with van der Waals surface area (Å²) in [7, 11) is 9.44. The first-order valence-corrected chi connectivity index (χ1v) is 52.3. The molecule has 15 aromatic rings. The van der Waals surface area contributed by atoms with Gasteiger partial charge in [-0.2, -0.15) is 36.0 Å². The van der Waals surface area contributed by atoms with Gasteiger partial charge in [0.2, 0.25) is 0 Å². The smallest absolute Gasteiger partial charge is 0.264 e. The van der Waals surface area contributed by atoms with Gasteiger partial charge in [-0.05, 0) is 249 Å². The molecule has 0 saturated heterocycles. The molecule has 27 nitrogen and oxygen atoms in total. The summed E-state index contributed by atoms with van der Waals surface area (Å²) in [6, 6.07) is 61.5. The van der Waals surface area contributed by atoms with Crippen molar-refractivity contribution in [3.63, 3.8) is 0 Å². The monoisotopic (exact) mass is 2000 g/mol. The number of hydrogen-bond acceptors (Lipinski definition) is 22. The zero-order valence-electron chi connectivity index (χ0n) is 86.5. The summed E-state index contributed by atoms with van der Waals surface area (Å²) in [5.41, 5.74) is 38.7. The van der Waals surface area contributed by atoms with E-state index in [1.165, 1.54) is 56.1 Å². The summed E-state index contributed by atoms with van der Waals surface area (Å²) in [4.78, 5) is 72.8. The number of fused-ring (bicyclic) bond motifs is 10. The number of anilines is 15. The van der Waals surface area contributed by atoms with E-state index in [9.17, 15) is 43.3 Å². The van der Waals surface area contributed by atoms with Crippen LogP contribution in [-0.2, 0) is 123 Å². The van der Waals surface area contributed by atoms with E-state index < -0.39 is 6.43 Å². The number of carbonyl (C=O) groups is 5. The molecule has 0 aliphatic carbocycles. The molecule has 0 unspecified atom stereocenters. The average molecular weight is 2000 g/mol. The van der Waals surface area contributed by atoms with Crippen LogP contribution < -0.4 is 51.1 Å². The van der Waals surface area contributed by atoms with Crippen LogP contribution in [-0.4, -0.2) is 141 Å². The highest BCUT2D eigenvalue weighted by atomic mass is 19.3. The molecule has 10 aliphatic rings. The number of nitrogens with zero attached hydrogens (tertiary/aromatic N) is 17. The number of alkyl halides is 2. The van der Waals surface area contributed by atoms with Crippen molar-refractivity contribution >= 4 is 114 Å². The van der Waals surface area contributed by atoms with Crippen LogP contribution in [0.15, 0.2) is 226 Å². The maximum absolute atomic E-state index is 14.1. The fourth-order valence-corrected chi connectivity index (χ4v) is 23.5. The van der Waals surface area contributed by atoms with E-state index in [4.69, 9.17) is 0 Å². The van der Waals surface area contributed by atoms with E-state index in [0.29, 0.717) is 98.0 Å². The predicted octanol–water partition coefficient (Wildman–Crippen LogP) is 22.3. The van der Waals surface area contributed by atoms with Crippen molar-refractivity contribution in [3.05, 3.63) is 298 Å². The molecule has 10 aromatic carbocycles. The molecule has 0 radical (unpaired) electrons. The Morgan fingerprint density at radius 1 is 0.287 bits per heavy atom. The number of carbonyl (C=O) groups excluding carboxylic acids is 5. The van der Waals surface area contributed by atoms with Crippen molar-refractivity contribution in [3.8, 4) is 67.8 Å². The van der Waals surface area contributed by atoms with Crippen molar-refractivity contribution in [2.45, 2.75) is 187 Å². The van der Waals surface area contributed by atoms with Crippen molar-refractivity contribution in [1.82, 2.24) is 48.9 Å². The second-order valence-corrected chi connectivity index (χ2v) is 41.8. The lowest BCUT2D eigenvalue weighted by Crippen LogP contribution is -2.27. The van der Waals surface area contributed by atoms with Gasteiger partial charge in [-0.15, -0.1) is 0 Å². The van der Waals surface area contributed by atoms with Crippen molar-refractivity contribution in [2.24, 2.45) is 35.2 Å². The SMILES string of the molecule is C[C@@H]1CC(=O)Cc2cccc(N3CCCc4cc(-c5cnn(C)c5)c(C#N)cc43)c2N1.C[C@@H]1CC(=O)Cc2cccc(N3CCCc4cc(-c5cnn(C)c5)c(C(F)F)cc43)c2N1.C[C@@H]1CC(=O)Cc2cccc(N3CCCc4cc(-c5cnn(C)c5)ccc43)c2N1.C[C@@H]1CC(=O)Cc2cccc(N3CCc4cc(-c5cnn(C)c5)c(C#N)cc43)c2N1.C[C@@H]1CC(=O)Cc2cccc(N3CCc4cc(-c5cnn(C)c5)ccc43)c2N1. The van der Waals surface area contributed by atoms with Crippen LogP contribution in [0.25, 0.3) is 55.6 Å². The summed E-state index contributed by atoms with van der Waals surface area (Å²) in [5, 5.41) is 58.9. The average Bonchev–Trinajstić information content (AvgIpc) is 1.37. The molecule has 5 N–H and O–H groups in total. The Labute approximate surface area is 872 Å². The number of nitrogens with one attached hydrogen (secondary N) is 5. The van der Waals surface area contributed by atoms with Gasteiger partial charge in [-0.25, -0.2) is 8.78 Å². The Morgan fingerprint density at radius 3 is 0.847 bits per heavy atom. The molecule has 0 saturated carbocycles. The number of aryl methyl sites for hydroxylation is 8. The van der Waals surface area contributed by atoms with E-state index >= 15 is 0 Å². The van der Waals surface area contributed by atoms with Gasteiger partial charge in [0.25, 0.3) is 6.43 Å². The Bertz CT molecular complexity index is 7880. The second-order valence-electron chi connectivity index (χ2n) is 41.8. The Balaban J connectivity index is 0.000000110. The number of benzene rings is 10. The lowest BCUT2D eigenvalue weighted by Gasteiger charge is -2.34. The minimum Gasteiger partial charge on any atom is -0.380 e. The summed E-state index contributed by atoms with van der Waals surface area (Å²) >= 11 is 0.